The van der Waals surface area contributed by atoms with E-state index in [4.69, 9.17) is 5.73 Å². The minimum Gasteiger partial charge on any atom is -0.339 e. The van der Waals surface area contributed by atoms with E-state index in [2.05, 4.69) is 16.8 Å². The quantitative estimate of drug-likeness (QED) is 0.791. The second kappa shape index (κ2) is 11.7. The first-order chi connectivity index (χ1) is 9.49. The molecule has 0 spiro atoms. The summed E-state index contributed by atoms with van der Waals surface area (Å²) in [6.45, 7) is 10.1. The van der Waals surface area contributed by atoms with Crippen molar-refractivity contribution in [2.75, 3.05) is 46.3 Å². The molecule has 2 fully saturated rings. The lowest BCUT2D eigenvalue weighted by Gasteiger charge is -2.42. The van der Waals surface area contributed by atoms with E-state index in [1.165, 1.54) is 25.9 Å². The van der Waals surface area contributed by atoms with Crippen LogP contribution in [0.4, 0.5) is 0 Å². The van der Waals surface area contributed by atoms with Crippen LogP contribution >= 0.6 is 37.2 Å². The lowest BCUT2D eigenvalue weighted by Crippen LogP contribution is -2.57. The Morgan fingerprint density at radius 1 is 0.957 bits per heavy atom. The van der Waals surface area contributed by atoms with E-state index in [0.717, 1.165) is 26.2 Å². The molecule has 0 saturated carbocycles. The Labute approximate surface area is 159 Å². The third-order valence-electron chi connectivity index (χ3n) is 4.83. The molecule has 2 rings (SSSR count). The zero-order valence-corrected chi connectivity index (χ0v) is 16.9. The van der Waals surface area contributed by atoms with Crippen molar-refractivity contribution in [3.63, 3.8) is 0 Å². The Hall–Kier alpha value is 0.220. The number of piperidine rings is 1. The molecular weight excluding hydrogens is 359 g/mol. The van der Waals surface area contributed by atoms with Crippen molar-refractivity contribution in [1.82, 2.24) is 14.7 Å². The van der Waals surface area contributed by atoms with E-state index in [0.29, 0.717) is 6.04 Å². The van der Waals surface area contributed by atoms with Gasteiger partial charge < -0.3 is 15.5 Å². The fraction of sp³-hybridized carbons (Fsp3) is 0.933. The molecule has 2 aliphatic heterocycles. The van der Waals surface area contributed by atoms with Crippen LogP contribution < -0.4 is 5.73 Å². The Bertz CT molecular complexity index is 331. The highest BCUT2D eigenvalue weighted by molar-refractivity contribution is 5.86. The number of hydrogen-bond acceptors (Lipinski definition) is 4. The summed E-state index contributed by atoms with van der Waals surface area (Å²) in [4.78, 5) is 19.2. The number of piperazine rings is 1. The van der Waals surface area contributed by atoms with Gasteiger partial charge in [0.2, 0.25) is 5.91 Å². The molecule has 0 aromatic carbocycles. The zero-order valence-electron chi connectivity index (χ0n) is 14.4. The molecule has 23 heavy (non-hydrogen) atoms. The monoisotopic (exact) mass is 390 g/mol. The van der Waals surface area contributed by atoms with Gasteiger partial charge in [-0.25, -0.2) is 0 Å². The van der Waals surface area contributed by atoms with Gasteiger partial charge in [-0.1, -0.05) is 13.8 Å². The highest BCUT2D eigenvalue weighted by Crippen LogP contribution is 2.18. The predicted octanol–water partition coefficient (Wildman–Crippen LogP) is 1.47. The Kier molecular flexibility index (Phi) is 13.0. The maximum absolute atomic E-state index is 12.2. The number of likely N-dealkylation sites (tertiary alicyclic amines) is 1. The smallest absolute Gasteiger partial charge is 0.239 e. The highest BCUT2D eigenvalue weighted by atomic mass is 35.5. The van der Waals surface area contributed by atoms with E-state index in [1.54, 1.807) is 0 Å². The molecule has 8 heteroatoms. The number of hydrogen-bond donors (Lipinski definition) is 1. The number of rotatable bonds is 3. The number of nitrogens with two attached hydrogens (primary N) is 1. The molecular formula is C15H33Cl3N4O. The highest BCUT2D eigenvalue weighted by Gasteiger charge is 2.30. The third kappa shape index (κ3) is 6.92. The van der Waals surface area contributed by atoms with Crippen molar-refractivity contribution in [2.45, 2.75) is 38.8 Å². The predicted molar refractivity (Wildman–Crippen MR) is 103 cm³/mol. The summed E-state index contributed by atoms with van der Waals surface area (Å²) in [6, 6.07) is 0.368. The molecule has 2 heterocycles. The normalized spacial score (nSPS) is 21.9. The molecule has 140 valence electrons. The average molecular weight is 392 g/mol. The molecule has 0 bridgehead atoms. The van der Waals surface area contributed by atoms with Gasteiger partial charge in [0.1, 0.15) is 0 Å². The molecule has 0 aromatic rings. The van der Waals surface area contributed by atoms with Crippen molar-refractivity contribution in [2.24, 2.45) is 11.7 Å². The minimum atomic E-state index is -0.343. The summed E-state index contributed by atoms with van der Waals surface area (Å²) in [6.07, 6.45) is 2.52. The van der Waals surface area contributed by atoms with Crippen LogP contribution in [-0.2, 0) is 4.79 Å². The van der Waals surface area contributed by atoms with Crippen molar-refractivity contribution in [3.05, 3.63) is 0 Å². The maximum atomic E-state index is 12.2. The van der Waals surface area contributed by atoms with Gasteiger partial charge in [0.15, 0.2) is 0 Å². The molecule has 5 nitrogen and oxygen atoms in total. The SMILES string of the molecule is CC(C)[C@@H](N)C(=O)N1CCN(C2CCN(C)CC2)CC1.Cl.Cl.Cl. The fourth-order valence-electron chi connectivity index (χ4n) is 3.16. The van der Waals surface area contributed by atoms with E-state index in [9.17, 15) is 4.79 Å². The Balaban J connectivity index is 0. The standard InChI is InChI=1S/C15H30N4O.3ClH/c1-12(2)14(16)15(20)19-10-8-18(9-11-19)13-4-6-17(3)7-5-13;;;/h12-14H,4-11,16H2,1-3H3;3*1H/t14-;;;/m1.../s1. The van der Waals surface area contributed by atoms with Gasteiger partial charge >= 0.3 is 0 Å². The van der Waals surface area contributed by atoms with Crippen molar-refractivity contribution < 1.29 is 4.79 Å². The molecule has 2 N–H and O–H groups in total. The van der Waals surface area contributed by atoms with Gasteiger partial charge in [-0.15, -0.1) is 37.2 Å². The van der Waals surface area contributed by atoms with Crippen LogP contribution in [0.15, 0.2) is 0 Å². The summed E-state index contributed by atoms with van der Waals surface area (Å²) in [7, 11) is 2.19. The second-order valence-corrected chi connectivity index (χ2v) is 6.67. The average Bonchev–Trinajstić information content (AvgIpc) is 2.46. The molecule has 1 atom stereocenters. The molecule has 0 radical (unpaired) electrons. The number of nitrogens with zero attached hydrogens (tertiary/aromatic N) is 3. The van der Waals surface area contributed by atoms with Crippen LogP contribution in [0.25, 0.3) is 0 Å². The number of carbonyl (C=O) groups is 1. The van der Waals surface area contributed by atoms with Gasteiger partial charge in [-0.2, -0.15) is 0 Å². The molecule has 2 saturated heterocycles. The van der Waals surface area contributed by atoms with E-state index < -0.39 is 0 Å². The summed E-state index contributed by atoms with van der Waals surface area (Å²) >= 11 is 0. The van der Waals surface area contributed by atoms with Crippen LogP contribution in [0.3, 0.4) is 0 Å². The van der Waals surface area contributed by atoms with Crippen LogP contribution in [0.2, 0.25) is 0 Å². The first-order valence-electron chi connectivity index (χ1n) is 7.96. The molecule has 0 unspecified atom stereocenters. The van der Waals surface area contributed by atoms with Gasteiger partial charge in [0.25, 0.3) is 0 Å². The van der Waals surface area contributed by atoms with E-state index in [1.807, 2.05) is 18.7 Å². The van der Waals surface area contributed by atoms with Crippen LogP contribution in [0.5, 0.6) is 0 Å². The van der Waals surface area contributed by atoms with Crippen LogP contribution in [-0.4, -0.2) is 79.0 Å². The second-order valence-electron chi connectivity index (χ2n) is 6.67. The van der Waals surface area contributed by atoms with Gasteiger partial charge in [0, 0.05) is 32.2 Å². The first kappa shape index (κ1) is 25.5. The lowest BCUT2D eigenvalue weighted by atomic mass is 10.0. The van der Waals surface area contributed by atoms with Gasteiger partial charge in [-0.05, 0) is 38.9 Å². The van der Waals surface area contributed by atoms with Crippen molar-refractivity contribution >= 4 is 43.1 Å². The fourth-order valence-corrected chi connectivity index (χ4v) is 3.16. The third-order valence-corrected chi connectivity index (χ3v) is 4.83. The molecule has 0 aliphatic carbocycles. The Morgan fingerprint density at radius 2 is 1.43 bits per heavy atom. The minimum absolute atomic E-state index is 0. The van der Waals surface area contributed by atoms with Crippen molar-refractivity contribution in [1.29, 1.82) is 0 Å². The van der Waals surface area contributed by atoms with E-state index in [-0.39, 0.29) is 55.1 Å². The zero-order chi connectivity index (χ0) is 14.7. The maximum Gasteiger partial charge on any atom is 0.239 e. The summed E-state index contributed by atoms with van der Waals surface area (Å²) < 4.78 is 0. The van der Waals surface area contributed by atoms with Gasteiger partial charge in [-0.3, -0.25) is 9.69 Å². The van der Waals surface area contributed by atoms with Crippen LogP contribution in [0, 0.1) is 5.92 Å². The van der Waals surface area contributed by atoms with E-state index >= 15 is 0 Å². The molecule has 0 aromatic heterocycles. The summed E-state index contributed by atoms with van der Waals surface area (Å²) in [5.41, 5.74) is 5.97. The largest absolute Gasteiger partial charge is 0.339 e. The number of amides is 1. The summed E-state index contributed by atoms with van der Waals surface area (Å²) in [5, 5.41) is 0. The van der Waals surface area contributed by atoms with Crippen molar-refractivity contribution in [3.8, 4) is 0 Å². The van der Waals surface area contributed by atoms with Crippen LogP contribution in [0.1, 0.15) is 26.7 Å². The molecule has 2 aliphatic rings. The number of halogens is 3. The topological polar surface area (TPSA) is 52.8 Å². The van der Waals surface area contributed by atoms with Gasteiger partial charge in [0.05, 0.1) is 6.04 Å². The summed E-state index contributed by atoms with van der Waals surface area (Å²) in [5.74, 6) is 0.345. The number of carbonyl (C=O) groups excluding carboxylic acids is 1. The first-order valence-corrected chi connectivity index (χ1v) is 7.96. The molecule has 1 amide bonds. The lowest BCUT2D eigenvalue weighted by molar-refractivity contribution is -0.135. The Morgan fingerprint density at radius 3 is 1.87 bits per heavy atom.